The minimum absolute atomic E-state index is 0. The minimum Gasteiger partial charge on any atom is -0.546 e. The van der Waals surface area contributed by atoms with Crippen LogP contribution < -0.4 is 58.3 Å². The van der Waals surface area contributed by atoms with Crippen molar-refractivity contribution in [1.82, 2.24) is 0 Å². The molecule has 46 heavy (non-hydrogen) atoms. The largest absolute Gasteiger partial charge is 1.00 e. The summed E-state index contributed by atoms with van der Waals surface area (Å²) in [6.45, 7) is 2.86. The summed E-state index contributed by atoms with van der Waals surface area (Å²) >= 11 is 0. The third kappa shape index (κ3) is 7.63. The standard InChI is InChI=1S/C33H34O12.Na/c1-4-12-40-21-8-9-22-24(14-21)30(23-10-7-20(38-3)15-26(23)41-16-28(34)35)31(32(36)44-18-45-33(37)39-5-2)29(22)19-6-11-25-27(13-19)43-17-42-25;/h6-11,13-15,29-31H,4-5,12,16-18H2,1-3H3,(H,34,35);/q;+1/p-1. The van der Waals surface area contributed by atoms with Crippen LogP contribution >= 0.6 is 0 Å². The van der Waals surface area contributed by atoms with E-state index in [1.807, 2.05) is 37.3 Å². The van der Waals surface area contributed by atoms with E-state index >= 15 is 0 Å². The average Bonchev–Trinajstić information content (AvgIpc) is 3.64. The van der Waals surface area contributed by atoms with Crippen molar-refractivity contribution in [3.8, 4) is 28.7 Å². The summed E-state index contributed by atoms with van der Waals surface area (Å²) in [5.41, 5.74) is 2.78. The van der Waals surface area contributed by atoms with E-state index in [0.29, 0.717) is 35.2 Å². The Bertz CT molecular complexity index is 1560. The van der Waals surface area contributed by atoms with E-state index < -0.39 is 49.2 Å². The molecule has 0 amide bonds. The molecule has 5 rings (SSSR count). The van der Waals surface area contributed by atoms with Gasteiger partial charge in [-0.3, -0.25) is 4.79 Å². The Morgan fingerprint density at radius 2 is 1.59 bits per heavy atom. The van der Waals surface area contributed by atoms with Crippen LogP contribution in [-0.2, 0) is 23.8 Å². The van der Waals surface area contributed by atoms with Crippen LogP contribution in [0.15, 0.2) is 54.6 Å². The summed E-state index contributed by atoms with van der Waals surface area (Å²) in [6, 6.07) is 16.0. The first kappa shape index (κ1) is 34.7. The number of carboxylic acids is 1. The van der Waals surface area contributed by atoms with E-state index in [4.69, 9.17) is 37.9 Å². The number of esters is 1. The second-order valence-corrected chi connectivity index (χ2v) is 10.2. The van der Waals surface area contributed by atoms with Crippen molar-refractivity contribution in [2.24, 2.45) is 5.92 Å². The van der Waals surface area contributed by atoms with Crippen LogP contribution in [0.3, 0.4) is 0 Å². The van der Waals surface area contributed by atoms with Gasteiger partial charge in [-0.1, -0.05) is 25.1 Å². The number of hydrogen-bond donors (Lipinski definition) is 0. The molecular weight excluding hydrogens is 611 g/mol. The Morgan fingerprint density at radius 1 is 0.826 bits per heavy atom. The van der Waals surface area contributed by atoms with Gasteiger partial charge in [-0.05, 0) is 60.4 Å². The molecule has 1 aliphatic heterocycles. The van der Waals surface area contributed by atoms with Crippen LogP contribution in [0.5, 0.6) is 28.7 Å². The first-order valence-corrected chi connectivity index (χ1v) is 14.5. The van der Waals surface area contributed by atoms with Gasteiger partial charge < -0.3 is 47.8 Å². The summed E-state index contributed by atoms with van der Waals surface area (Å²) < 4.78 is 43.4. The number of ether oxygens (including phenoxy) is 8. The molecule has 0 spiro atoms. The van der Waals surface area contributed by atoms with Gasteiger partial charge in [0.05, 0.1) is 32.2 Å². The monoisotopic (exact) mass is 644 g/mol. The molecular formula is C33H33NaO12. The maximum Gasteiger partial charge on any atom is 1.00 e. The molecule has 0 bridgehead atoms. The molecule has 0 saturated carbocycles. The number of fused-ring (bicyclic) bond motifs is 2. The fourth-order valence-corrected chi connectivity index (χ4v) is 5.67. The number of rotatable bonds is 13. The van der Waals surface area contributed by atoms with Gasteiger partial charge in [0.2, 0.25) is 13.6 Å². The number of carbonyl (C=O) groups is 3. The summed E-state index contributed by atoms with van der Waals surface area (Å²) in [6.07, 6.45) is -0.190. The molecule has 3 aromatic rings. The molecule has 3 unspecified atom stereocenters. The molecule has 0 N–H and O–H groups in total. The average molecular weight is 645 g/mol. The number of methoxy groups -OCH3 is 1. The van der Waals surface area contributed by atoms with Crippen LogP contribution in [0.2, 0.25) is 0 Å². The molecule has 0 saturated heterocycles. The SMILES string of the molecule is CCCOc1ccc2c(c1)C(c1ccc(OC)cc1OCC(=O)[O-])C(C(=O)OCOC(=O)OCC)C2c1ccc2c(c1)OCO2.[Na+]. The molecule has 3 aromatic carbocycles. The first-order valence-electron chi connectivity index (χ1n) is 14.5. The zero-order chi connectivity index (χ0) is 31.9. The van der Waals surface area contributed by atoms with Crippen molar-refractivity contribution >= 4 is 18.1 Å². The van der Waals surface area contributed by atoms with Crippen molar-refractivity contribution in [2.45, 2.75) is 32.1 Å². The van der Waals surface area contributed by atoms with Gasteiger partial charge in [-0.25, -0.2) is 4.79 Å². The van der Waals surface area contributed by atoms with Crippen molar-refractivity contribution in [3.05, 3.63) is 76.9 Å². The molecule has 0 radical (unpaired) electrons. The fourth-order valence-electron chi connectivity index (χ4n) is 5.67. The van der Waals surface area contributed by atoms with Crippen LogP contribution in [0.1, 0.15) is 54.4 Å². The zero-order valence-corrected chi connectivity index (χ0v) is 28.1. The topological polar surface area (TPSA) is 148 Å². The number of benzene rings is 3. The Balaban J connectivity index is 0.00000480. The summed E-state index contributed by atoms with van der Waals surface area (Å²) in [4.78, 5) is 37.3. The van der Waals surface area contributed by atoms with E-state index in [9.17, 15) is 19.5 Å². The normalized spacial score (nSPS) is 17.2. The third-order valence-corrected chi connectivity index (χ3v) is 7.49. The predicted octanol–water partition coefficient (Wildman–Crippen LogP) is 0.913. The smallest absolute Gasteiger partial charge is 0.546 e. The van der Waals surface area contributed by atoms with Crippen LogP contribution in [0.4, 0.5) is 4.79 Å². The molecule has 3 atom stereocenters. The van der Waals surface area contributed by atoms with Gasteiger partial charge in [0, 0.05) is 23.5 Å². The maximum atomic E-state index is 14.1. The first-order chi connectivity index (χ1) is 21.8. The Morgan fingerprint density at radius 3 is 2.33 bits per heavy atom. The summed E-state index contributed by atoms with van der Waals surface area (Å²) in [7, 11) is 1.47. The van der Waals surface area contributed by atoms with Gasteiger partial charge in [-0.2, -0.15) is 0 Å². The second kappa shape index (κ2) is 15.9. The number of aliphatic carboxylic acids is 1. The number of carbonyl (C=O) groups excluding carboxylic acids is 3. The third-order valence-electron chi connectivity index (χ3n) is 7.49. The Hall–Kier alpha value is -4.13. The van der Waals surface area contributed by atoms with E-state index in [1.54, 1.807) is 31.2 Å². The number of carboxylic acid groups (broad SMARTS) is 1. The van der Waals surface area contributed by atoms with Crippen molar-refractivity contribution < 1.29 is 86.9 Å². The van der Waals surface area contributed by atoms with Crippen molar-refractivity contribution in [1.29, 1.82) is 0 Å². The number of hydrogen-bond acceptors (Lipinski definition) is 12. The molecule has 2 aliphatic rings. The predicted molar refractivity (Wildman–Crippen MR) is 155 cm³/mol. The van der Waals surface area contributed by atoms with Crippen molar-refractivity contribution in [2.75, 3.05) is 40.5 Å². The molecule has 238 valence electrons. The van der Waals surface area contributed by atoms with E-state index in [2.05, 4.69) is 0 Å². The molecule has 13 heteroatoms. The molecule has 0 fully saturated rings. The van der Waals surface area contributed by atoms with Gasteiger partial charge in [0.25, 0.3) is 0 Å². The molecule has 1 heterocycles. The summed E-state index contributed by atoms with van der Waals surface area (Å²) in [5, 5.41) is 11.4. The minimum atomic E-state index is -1.42. The molecule has 1 aliphatic carbocycles. The zero-order valence-electron chi connectivity index (χ0n) is 26.1. The van der Waals surface area contributed by atoms with Gasteiger partial charge in [0.1, 0.15) is 23.9 Å². The summed E-state index contributed by atoms with van der Waals surface area (Å²) in [5.74, 6) is -2.04. The van der Waals surface area contributed by atoms with E-state index in [-0.39, 0.29) is 48.7 Å². The van der Waals surface area contributed by atoms with Crippen LogP contribution in [0.25, 0.3) is 0 Å². The van der Waals surface area contributed by atoms with Crippen LogP contribution in [0, 0.1) is 5.92 Å². The van der Waals surface area contributed by atoms with E-state index in [1.165, 1.54) is 7.11 Å². The second-order valence-electron chi connectivity index (χ2n) is 10.2. The molecule has 12 nitrogen and oxygen atoms in total. The van der Waals surface area contributed by atoms with Crippen LogP contribution in [-0.4, -0.2) is 58.6 Å². The van der Waals surface area contributed by atoms with Gasteiger partial charge >= 0.3 is 41.7 Å². The Labute approximate surface area is 288 Å². The van der Waals surface area contributed by atoms with Crippen molar-refractivity contribution in [3.63, 3.8) is 0 Å². The molecule has 0 aromatic heterocycles. The van der Waals surface area contributed by atoms with Gasteiger partial charge in [-0.15, -0.1) is 0 Å². The van der Waals surface area contributed by atoms with E-state index in [0.717, 1.165) is 23.1 Å². The maximum absolute atomic E-state index is 14.1. The van der Waals surface area contributed by atoms with Gasteiger partial charge in [0.15, 0.2) is 11.5 Å². The Kier molecular flexibility index (Phi) is 12.0. The fraction of sp³-hybridized carbons (Fsp3) is 0.364. The quantitative estimate of drug-likeness (QED) is 0.148.